The van der Waals surface area contributed by atoms with Crippen LogP contribution in [0.15, 0.2) is 60.8 Å². The van der Waals surface area contributed by atoms with Gasteiger partial charge >= 0.3 is 0 Å². The van der Waals surface area contributed by atoms with Crippen LogP contribution in [0.5, 0.6) is 0 Å². The quantitative estimate of drug-likeness (QED) is 0.721. The van der Waals surface area contributed by atoms with Crippen molar-refractivity contribution in [3.05, 3.63) is 89.5 Å². The summed E-state index contributed by atoms with van der Waals surface area (Å²) in [6, 6.07) is 12.6. The topological polar surface area (TPSA) is 54.0 Å². The molecule has 0 saturated carbocycles. The first-order valence-electron chi connectivity index (χ1n) is 7.72. The van der Waals surface area contributed by atoms with Crippen molar-refractivity contribution in [1.82, 2.24) is 10.3 Å². The van der Waals surface area contributed by atoms with E-state index in [2.05, 4.69) is 15.6 Å². The third-order valence-electron chi connectivity index (χ3n) is 3.60. The van der Waals surface area contributed by atoms with Gasteiger partial charge in [-0.05, 0) is 30.3 Å². The largest absolute Gasteiger partial charge is 0.354 e. The van der Waals surface area contributed by atoms with Gasteiger partial charge in [-0.2, -0.15) is 0 Å². The molecule has 0 aliphatic heterocycles. The second-order valence-electron chi connectivity index (χ2n) is 5.46. The maximum absolute atomic E-state index is 13.5. The van der Waals surface area contributed by atoms with Gasteiger partial charge in [0.25, 0.3) is 5.91 Å². The van der Waals surface area contributed by atoms with Gasteiger partial charge in [0, 0.05) is 23.9 Å². The fourth-order valence-electron chi connectivity index (χ4n) is 2.25. The summed E-state index contributed by atoms with van der Waals surface area (Å²) in [5, 5.41) is 5.44. The molecule has 0 spiro atoms. The minimum absolute atomic E-state index is 0.0437. The molecule has 0 aliphatic rings. The number of rotatable bonds is 5. The van der Waals surface area contributed by atoms with Crippen LogP contribution in [-0.4, -0.2) is 10.9 Å². The summed E-state index contributed by atoms with van der Waals surface area (Å²) in [4.78, 5) is 16.1. The summed E-state index contributed by atoms with van der Waals surface area (Å²) in [6.07, 6.45) is 1.39. The second kappa shape index (κ2) is 7.69. The number of nitrogens with zero attached hydrogens (tertiary/aromatic N) is 1. The molecule has 1 aromatic heterocycles. The predicted molar refractivity (Wildman–Crippen MR) is 91.4 cm³/mol. The molecule has 3 aromatic rings. The van der Waals surface area contributed by atoms with Crippen LogP contribution in [0.3, 0.4) is 0 Å². The minimum Gasteiger partial charge on any atom is -0.354 e. The van der Waals surface area contributed by atoms with Gasteiger partial charge in [0.1, 0.15) is 11.5 Å². The Balaban J connectivity index is 1.62. The summed E-state index contributed by atoms with van der Waals surface area (Å²) < 4.78 is 39.6. The van der Waals surface area contributed by atoms with Gasteiger partial charge < -0.3 is 10.6 Å². The molecule has 0 fully saturated rings. The number of carbonyl (C=O) groups excluding carboxylic acids is 1. The van der Waals surface area contributed by atoms with Gasteiger partial charge in [-0.25, -0.2) is 18.2 Å². The summed E-state index contributed by atoms with van der Waals surface area (Å²) in [6.45, 7) is 0.0437. The average Bonchev–Trinajstić information content (AvgIpc) is 2.64. The molecule has 7 heteroatoms. The number of halogens is 3. The van der Waals surface area contributed by atoms with Crippen LogP contribution < -0.4 is 10.6 Å². The Morgan fingerprint density at radius 1 is 0.885 bits per heavy atom. The van der Waals surface area contributed by atoms with E-state index >= 15 is 0 Å². The van der Waals surface area contributed by atoms with Crippen molar-refractivity contribution in [2.45, 2.75) is 6.54 Å². The number of pyridine rings is 1. The monoisotopic (exact) mass is 357 g/mol. The van der Waals surface area contributed by atoms with E-state index in [1.54, 1.807) is 24.3 Å². The van der Waals surface area contributed by atoms with Gasteiger partial charge in [-0.3, -0.25) is 4.79 Å². The zero-order valence-corrected chi connectivity index (χ0v) is 13.5. The molecular formula is C19H14F3N3O. The molecule has 2 aromatic carbocycles. The summed E-state index contributed by atoms with van der Waals surface area (Å²) >= 11 is 0. The van der Waals surface area contributed by atoms with E-state index in [-0.39, 0.29) is 12.2 Å². The fraction of sp³-hybridized carbons (Fsp3) is 0.0526. The van der Waals surface area contributed by atoms with Crippen LogP contribution in [0, 0.1) is 17.5 Å². The van der Waals surface area contributed by atoms with Gasteiger partial charge in [0.2, 0.25) is 0 Å². The van der Waals surface area contributed by atoms with Gasteiger partial charge in [0.15, 0.2) is 11.6 Å². The van der Waals surface area contributed by atoms with Crippen LogP contribution >= 0.6 is 0 Å². The molecule has 2 N–H and O–H groups in total. The van der Waals surface area contributed by atoms with E-state index in [4.69, 9.17) is 0 Å². The first-order valence-corrected chi connectivity index (χ1v) is 7.72. The van der Waals surface area contributed by atoms with E-state index in [1.165, 1.54) is 24.4 Å². The number of anilines is 2. The third-order valence-corrected chi connectivity index (χ3v) is 3.60. The smallest absolute Gasteiger partial charge is 0.270 e. The van der Waals surface area contributed by atoms with Crippen molar-refractivity contribution in [2.75, 3.05) is 5.32 Å². The molecule has 0 bridgehead atoms. The summed E-state index contributed by atoms with van der Waals surface area (Å²) in [5.74, 6) is -2.75. The molecule has 0 saturated heterocycles. The fourth-order valence-corrected chi connectivity index (χ4v) is 2.25. The Kier molecular flexibility index (Phi) is 5.17. The third kappa shape index (κ3) is 4.18. The van der Waals surface area contributed by atoms with Crippen molar-refractivity contribution >= 4 is 17.3 Å². The highest BCUT2D eigenvalue weighted by atomic mass is 19.2. The highest BCUT2D eigenvalue weighted by Gasteiger charge is 2.09. The molecule has 132 valence electrons. The van der Waals surface area contributed by atoms with E-state index in [9.17, 15) is 18.0 Å². The lowest BCUT2D eigenvalue weighted by molar-refractivity contribution is 0.0945. The maximum atomic E-state index is 13.5. The van der Waals surface area contributed by atoms with E-state index in [0.29, 0.717) is 16.9 Å². The highest BCUT2D eigenvalue weighted by Crippen LogP contribution is 2.18. The van der Waals surface area contributed by atoms with Crippen molar-refractivity contribution in [3.8, 4) is 0 Å². The number of carbonyl (C=O) groups is 1. The molecule has 1 heterocycles. The second-order valence-corrected chi connectivity index (χ2v) is 5.46. The molecule has 26 heavy (non-hydrogen) atoms. The SMILES string of the molecule is O=C(NCc1ccccc1F)c1ccc(Nc2ccc(F)c(F)c2)cn1. The van der Waals surface area contributed by atoms with Crippen molar-refractivity contribution in [2.24, 2.45) is 0 Å². The molecule has 0 aliphatic carbocycles. The Morgan fingerprint density at radius 3 is 2.35 bits per heavy atom. The Morgan fingerprint density at radius 2 is 1.65 bits per heavy atom. The van der Waals surface area contributed by atoms with E-state index < -0.39 is 23.4 Å². The Labute approximate surface area is 147 Å². The zero-order valence-electron chi connectivity index (χ0n) is 13.5. The maximum Gasteiger partial charge on any atom is 0.270 e. The number of amides is 1. The van der Waals surface area contributed by atoms with Crippen LogP contribution in [0.4, 0.5) is 24.5 Å². The molecule has 1 amide bonds. The molecule has 0 radical (unpaired) electrons. The summed E-state index contributed by atoms with van der Waals surface area (Å²) in [5.41, 5.74) is 1.37. The average molecular weight is 357 g/mol. The van der Waals surface area contributed by atoms with Gasteiger partial charge in [-0.15, -0.1) is 0 Å². The zero-order chi connectivity index (χ0) is 18.5. The van der Waals surface area contributed by atoms with Crippen LogP contribution in [0.1, 0.15) is 16.1 Å². The lowest BCUT2D eigenvalue weighted by Gasteiger charge is -2.08. The van der Waals surface area contributed by atoms with Gasteiger partial charge in [-0.1, -0.05) is 18.2 Å². The summed E-state index contributed by atoms with van der Waals surface area (Å²) in [7, 11) is 0. The van der Waals surface area contributed by atoms with Gasteiger partial charge in [0.05, 0.1) is 11.9 Å². The number of nitrogens with one attached hydrogen (secondary N) is 2. The van der Waals surface area contributed by atoms with Crippen LogP contribution in [-0.2, 0) is 6.54 Å². The van der Waals surface area contributed by atoms with Crippen LogP contribution in [0.2, 0.25) is 0 Å². The minimum atomic E-state index is -0.966. The Hall–Kier alpha value is -3.35. The molecular weight excluding hydrogens is 343 g/mol. The van der Waals surface area contributed by atoms with E-state index in [0.717, 1.165) is 12.1 Å². The van der Waals surface area contributed by atoms with Crippen LogP contribution in [0.25, 0.3) is 0 Å². The number of benzene rings is 2. The molecule has 3 rings (SSSR count). The van der Waals surface area contributed by atoms with Crippen molar-refractivity contribution < 1.29 is 18.0 Å². The highest BCUT2D eigenvalue weighted by molar-refractivity contribution is 5.92. The standard InChI is InChI=1S/C19H14F3N3O/c20-15-4-2-1-3-12(15)10-24-19(26)18-8-6-14(11-23-18)25-13-5-7-16(21)17(22)9-13/h1-9,11,25H,10H2,(H,24,26). The first kappa shape index (κ1) is 17.5. The Bertz CT molecular complexity index is 930. The lowest BCUT2D eigenvalue weighted by Crippen LogP contribution is -2.24. The van der Waals surface area contributed by atoms with Crippen molar-refractivity contribution in [3.63, 3.8) is 0 Å². The number of hydrogen-bond donors (Lipinski definition) is 2. The number of hydrogen-bond acceptors (Lipinski definition) is 3. The predicted octanol–water partition coefficient (Wildman–Crippen LogP) is 4.17. The molecule has 0 atom stereocenters. The lowest BCUT2D eigenvalue weighted by atomic mass is 10.2. The van der Waals surface area contributed by atoms with E-state index in [1.807, 2.05) is 0 Å². The molecule has 4 nitrogen and oxygen atoms in total. The number of aromatic nitrogens is 1. The van der Waals surface area contributed by atoms with Crippen molar-refractivity contribution in [1.29, 1.82) is 0 Å². The molecule has 0 unspecified atom stereocenters. The normalized spacial score (nSPS) is 10.4. The first-order chi connectivity index (χ1) is 12.5.